The van der Waals surface area contributed by atoms with E-state index in [1.807, 2.05) is 11.6 Å². The highest BCUT2D eigenvalue weighted by Gasteiger charge is 2.12. The Hall–Kier alpha value is -1.15. The Bertz CT molecular complexity index is 512. The van der Waals surface area contributed by atoms with Crippen LogP contribution in [0, 0.1) is 0 Å². The van der Waals surface area contributed by atoms with E-state index in [1.165, 1.54) is 0 Å². The van der Waals surface area contributed by atoms with Crippen molar-refractivity contribution in [2.75, 3.05) is 40.6 Å². The topological polar surface area (TPSA) is 57.0 Å². The molecule has 0 unspecified atom stereocenters. The van der Waals surface area contributed by atoms with Gasteiger partial charge in [-0.3, -0.25) is 4.40 Å². The average molecular weight is 299 g/mol. The molecule has 2 aromatic heterocycles. The normalized spacial score (nSPS) is 11.3. The lowest BCUT2D eigenvalue weighted by molar-refractivity contribution is 0.0694. The van der Waals surface area contributed by atoms with Crippen molar-refractivity contribution in [2.45, 2.75) is 13.0 Å². The zero-order valence-corrected chi connectivity index (χ0v) is 12.7. The molecule has 112 valence electrons. The van der Waals surface area contributed by atoms with Crippen LogP contribution in [0.4, 0.5) is 0 Å². The predicted octanol–water partition coefficient (Wildman–Crippen LogP) is 1.55. The lowest BCUT2D eigenvalue weighted by atomic mass is 10.4. The maximum Gasteiger partial charge on any atom is 0.237 e. The lowest BCUT2D eigenvalue weighted by Crippen LogP contribution is -2.18. The van der Waals surface area contributed by atoms with Crippen molar-refractivity contribution in [3.8, 4) is 5.88 Å². The van der Waals surface area contributed by atoms with E-state index in [1.54, 1.807) is 25.6 Å². The highest BCUT2D eigenvalue weighted by molar-refractivity contribution is 7.15. The van der Waals surface area contributed by atoms with E-state index >= 15 is 0 Å². The highest BCUT2D eigenvalue weighted by Crippen LogP contribution is 2.22. The molecule has 20 heavy (non-hydrogen) atoms. The summed E-state index contributed by atoms with van der Waals surface area (Å²) in [5.74, 6) is 0.695. The number of ether oxygens (including phenoxy) is 3. The Morgan fingerprint density at radius 1 is 1.30 bits per heavy atom. The molecule has 0 fully saturated rings. The summed E-state index contributed by atoms with van der Waals surface area (Å²) in [6, 6.07) is 0. The van der Waals surface area contributed by atoms with Crippen LogP contribution in [0.15, 0.2) is 11.6 Å². The number of thiazole rings is 1. The maximum absolute atomic E-state index is 5.41. The van der Waals surface area contributed by atoms with E-state index in [2.05, 4.69) is 14.7 Å². The third-order valence-electron chi connectivity index (χ3n) is 2.88. The largest absolute Gasteiger partial charge is 0.480 e. The Balaban J connectivity index is 1.71. The number of aromatic nitrogens is 2. The van der Waals surface area contributed by atoms with Crippen molar-refractivity contribution in [3.05, 3.63) is 17.3 Å². The molecule has 2 aromatic rings. The molecule has 0 saturated heterocycles. The minimum absolute atomic E-state index is 0.649. The summed E-state index contributed by atoms with van der Waals surface area (Å²) in [7, 11) is 3.33. The van der Waals surface area contributed by atoms with Crippen LogP contribution in [-0.2, 0) is 16.0 Å². The van der Waals surface area contributed by atoms with E-state index in [9.17, 15) is 0 Å². The molecular formula is C13H21N3O3S. The molecule has 0 radical (unpaired) electrons. The van der Waals surface area contributed by atoms with Gasteiger partial charge in [-0.15, -0.1) is 11.3 Å². The molecule has 0 aliphatic heterocycles. The first kappa shape index (κ1) is 15.2. The van der Waals surface area contributed by atoms with Crippen molar-refractivity contribution in [3.63, 3.8) is 0 Å². The highest BCUT2D eigenvalue weighted by atomic mass is 32.1. The van der Waals surface area contributed by atoms with Gasteiger partial charge in [-0.25, -0.2) is 0 Å². The molecule has 6 nitrogen and oxygen atoms in total. The van der Waals surface area contributed by atoms with Gasteiger partial charge in [0.15, 0.2) is 4.96 Å². The Morgan fingerprint density at radius 3 is 3.00 bits per heavy atom. The molecule has 0 spiro atoms. The number of rotatable bonds is 10. The minimum atomic E-state index is 0.649. The van der Waals surface area contributed by atoms with Crippen LogP contribution < -0.4 is 10.1 Å². The van der Waals surface area contributed by atoms with Crippen molar-refractivity contribution < 1.29 is 14.2 Å². The zero-order valence-electron chi connectivity index (χ0n) is 11.9. The van der Waals surface area contributed by atoms with Gasteiger partial charge >= 0.3 is 0 Å². The predicted molar refractivity (Wildman–Crippen MR) is 78.6 cm³/mol. The van der Waals surface area contributed by atoms with Gasteiger partial charge in [0.05, 0.1) is 20.3 Å². The summed E-state index contributed by atoms with van der Waals surface area (Å²) in [5.41, 5.74) is 1.06. The van der Waals surface area contributed by atoms with Crippen LogP contribution in [0.25, 0.3) is 4.96 Å². The number of hydrogen-bond acceptors (Lipinski definition) is 6. The quantitative estimate of drug-likeness (QED) is 0.675. The van der Waals surface area contributed by atoms with Crippen LogP contribution in [-0.4, -0.2) is 50.0 Å². The first-order valence-corrected chi connectivity index (χ1v) is 7.50. The molecule has 0 aliphatic carbocycles. The molecular weight excluding hydrogens is 278 g/mol. The van der Waals surface area contributed by atoms with Crippen LogP contribution in [0.2, 0.25) is 0 Å². The summed E-state index contributed by atoms with van der Waals surface area (Å²) in [4.78, 5) is 5.38. The first-order chi connectivity index (χ1) is 9.86. The van der Waals surface area contributed by atoms with Gasteiger partial charge < -0.3 is 19.5 Å². The molecule has 0 saturated carbocycles. The fraction of sp³-hybridized carbons (Fsp3) is 0.615. The summed E-state index contributed by atoms with van der Waals surface area (Å²) in [6.07, 6.45) is 2.98. The van der Waals surface area contributed by atoms with Crippen molar-refractivity contribution in [1.29, 1.82) is 0 Å². The molecule has 2 rings (SSSR count). The van der Waals surface area contributed by atoms with E-state index < -0.39 is 0 Å². The van der Waals surface area contributed by atoms with Gasteiger partial charge in [0.25, 0.3) is 0 Å². The van der Waals surface area contributed by atoms with Gasteiger partial charge in [-0.2, -0.15) is 4.98 Å². The average Bonchev–Trinajstić information content (AvgIpc) is 3.03. The zero-order chi connectivity index (χ0) is 14.2. The summed E-state index contributed by atoms with van der Waals surface area (Å²) >= 11 is 1.60. The van der Waals surface area contributed by atoms with Crippen LogP contribution in [0.3, 0.4) is 0 Å². The molecule has 0 atom stereocenters. The van der Waals surface area contributed by atoms with Crippen molar-refractivity contribution in [1.82, 2.24) is 14.7 Å². The maximum atomic E-state index is 5.41. The van der Waals surface area contributed by atoms with E-state index in [0.29, 0.717) is 19.1 Å². The monoisotopic (exact) mass is 299 g/mol. The summed E-state index contributed by atoms with van der Waals surface area (Å²) in [6.45, 7) is 3.68. The van der Waals surface area contributed by atoms with Crippen LogP contribution in [0.1, 0.15) is 12.1 Å². The lowest BCUT2D eigenvalue weighted by Gasteiger charge is -2.06. The second-order valence-electron chi connectivity index (χ2n) is 4.26. The summed E-state index contributed by atoms with van der Waals surface area (Å²) < 4.78 is 17.7. The third-order valence-corrected chi connectivity index (χ3v) is 3.64. The second-order valence-corrected chi connectivity index (χ2v) is 5.13. The number of hydrogen-bond donors (Lipinski definition) is 1. The van der Waals surface area contributed by atoms with Gasteiger partial charge in [0.2, 0.25) is 5.88 Å². The SMILES string of the molecule is COCCOCCCNCc1c(OC)nc2sccn12. The molecule has 0 aromatic carbocycles. The van der Waals surface area contributed by atoms with Crippen LogP contribution in [0.5, 0.6) is 5.88 Å². The standard InChI is InChI=1S/C13H21N3O3S/c1-17-7-8-19-6-3-4-14-10-11-12(18-2)15-13-16(11)5-9-20-13/h5,9,14H,3-4,6-8,10H2,1-2H3. The first-order valence-electron chi connectivity index (χ1n) is 6.62. The third kappa shape index (κ3) is 3.92. The molecule has 0 aliphatic rings. The van der Waals surface area contributed by atoms with E-state index in [-0.39, 0.29) is 0 Å². The van der Waals surface area contributed by atoms with Crippen molar-refractivity contribution >= 4 is 16.3 Å². The Kier molecular flexibility index (Phi) is 6.25. The minimum Gasteiger partial charge on any atom is -0.480 e. The summed E-state index contributed by atoms with van der Waals surface area (Å²) in [5, 5.41) is 5.41. The molecule has 7 heteroatoms. The molecule has 1 N–H and O–H groups in total. The molecule has 0 amide bonds. The van der Waals surface area contributed by atoms with E-state index in [0.717, 1.165) is 36.8 Å². The van der Waals surface area contributed by atoms with E-state index in [4.69, 9.17) is 14.2 Å². The second kappa shape index (κ2) is 8.21. The Labute approximate surface area is 122 Å². The number of fused-ring (bicyclic) bond motifs is 1. The molecule has 2 heterocycles. The van der Waals surface area contributed by atoms with Gasteiger partial charge in [-0.1, -0.05) is 0 Å². The fourth-order valence-electron chi connectivity index (χ4n) is 1.89. The number of nitrogens with zero attached hydrogens (tertiary/aromatic N) is 2. The van der Waals surface area contributed by atoms with Gasteiger partial charge in [-0.05, 0) is 13.0 Å². The molecule has 0 bridgehead atoms. The number of imidazole rings is 1. The fourth-order valence-corrected chi connectivity index (χ4v) is 2.61. The van der Waals surface area contributed by atoms with Gasteiger partial charge in [0, 0.05) is 31.8 Å². The number of methoxy groups -OCH3 is 2. The number of nitrogens with one attached hydrogen (secondary N) is 1. The Morgan fingerprint density at radius 2 is 2.20 bits per heavy atom. The smallest absolute Gasteiger partial charge is 0.237 e. The van der Waals surface area contributed by atoms with Crippen molar-refractivity contribution in [2.24, 2.45) is 0 Å². The van der Waals surface area contributed by atoms with Crippen LogP contribution >= 0.6 is 11.3 Å². The van der Waals surface area contributed by atoms with Gasteiger partial charge in [0.1, 0.15) is 5.69 Å².